The van der Waals surface area contributed by atoms with Crippen molar-refractivity contribution in [3.8, 4) is 0 Å². The van der Waals surface area contributed by atoms with Crippen molar-refractivity contribution in [2.45, 2.75) is 39.4 Å². The summed E-state index contributed by atoms with van der Waals surface area (Å²) in [5, 5.41) is 5.89. The van der Waals surface area contributed by atoms with Crippen molar-refractivity contribution in [1.82, 2.24) is 10.6 Å². The van der Waals surface area contributed by atoms with Gasteiger partial charge in [-0.25, -0.2) is 0 Å². The summed E-state index contributed by atoms with van der Waals surface area (Å²) >= 11 is 0. The van der Waals surface area contributed by atoms with Crippen molar-refractivity contribution < 1.29 is 14.5 Å². The molecule has 1 atom stereocenters. The zero-order valence-electron chi connectivity index (χ0n) is 17.3. The summed E-state index contributed by atoms with van der Waals surface area (Å²) in [5.74, 6) is -0.291. The van der Waals surface area contributed by atoms with Gasteiger partial charge in [0, 0.05) is 12.1 Å². The highest BCUT2D eigenvalue weighted by Crippen LogP contribution is 2.09. The molecule has 0 unspecified atom stereocenters. The Kier molecular flexibility index (Phi) is 8.20. The second kappa shape index (κ2) is 10.6. The lowest BCUT2D eigenvalue weighted by Crippen LogP contribution is -3.04. The molecule has 0 spiro atoms. The Balaban J connectivity index is 1.97. The third kappa shape index (κ3) is 6.82. The highest BCUT2D eigenvalue weighted by molar-refractivity contribution is 5.88. The van der Waals surface area contributed by atoms with Gasteiger partial charge in [0.15, 0.2) is 0 Å². The first-order chi connectivity index (χ1) is 13.4. The minimum Gasteiger partial charge on any atom is -0.350 e. The number of nitrogens with one attached hydrogen (secondary N) is 3. The Morgan fingerprint density at radius 1 is 0.929 bits per heavy atom. The average Bonchev–Trinajstić information content (AvgIpc) is 2.65. The maximum absolute atomic E-state index is 12.7. The molecule has 0 saturated carbocycles. The maximum atomic E-state index is 12.7. The van der Waals surface area contributed by atoms with Crippen LogP contribution in [0, 0.1) is 5.92 Å². The van der Waals surface area contributed by atoms with Crippen molar-refractivity contribution in [1.29, 1.82) is 0 Å². The Bertz CT molecular complexity index is 772. The second-order valence-electron chi connectivity index (χ2n) is 7.82. The van der Waals surface area contributed by atoms with Gasteiger partial charge in [-0.2, -0.15) is 0 Å². The van der Waals surface area contributed by atoms with E-state index in [0.29, 0.717) is 6.54 Å². The van der Waals surface area contributed by atoms with Crippen LogP contribution in [0.2, 0.25) is 0 Å². The lowest BCUT2D eigenvalue weighted by atomic mass is 10.0. The topological polar surface area (TPSA) is 62.6 Å². The molecule has 2 amide bonds. The molecule has 0 saturated heterocycles. The molecule has 5 nitrogen and oxygen atoms in total. The van der Waals surface area contributed by atoms with E-state index in [9.17, 15) is 9.59 Å². The first-order valence-corrected chi connectivity index (χ1v) is 9.83. The summed E-state index contributed by atoms with van der Waals surface area (Å²) in [6, 6.07) is 17.1. The zero-order valence-corrected chi connectivity index (χ0v) is 17.3. The van der Waals surface area contributed by atoms with Gasteiger partial charge in [0.05, 0.1) is 20.5 Å². The largest absolute Gasteiger partial charge is 0.350 e. The molecule has 0 aromatic heterocycles. The summed E-state index contributed by atoms with van der Waals surface area (Å²) in [4.78, 5) is 26.5. The number of rotatable bonds is 9. The molecule has 2 rings (SSSR count). The van der Waals surface area contributed by atoms with E-state index < -0.39 is 6.04 Å². The lowest BCUT2D eigenvalue weighted by Gasteiger charge is -2.22. The zero-order chi connectivity index (χ0) is 20.5. The molecule has 150 valence electrons. The smallest absolute Gasteiger partial charge is 0.243 e. The molecule has 2 aromatic carbocycles. The van der Waals surface area contributed by atoms with Crippen LogP contribution < -0.4 is 15.5 Å². The minimum absolute atomic E-state index is 0.00110. The fourth-order valence-corrected chi connectivity index (χ4v) is 3.12. The SMILES string of the molecule is CC(C)[C@H](NC(=O)Cc1ccccc1)C(=O)NCc1ccccc1C[NH+](C)C. The molecular weight excluding hydrogens is 350 g/mol. The molecule has 0 heterocycles. The van der Waals surface area contributed by atoms with Crippen LogP contribution in [0.1, 0.15) is 30.5 Å². The van der Waals surface area contributed by atoms with Gasteiger partial charge in [0.25, 0.3) is 0 Å². The Labute approximate surface area is 168 Å². The van der Waals surface area contributed by atoms with Gasteiger partial charge in [0.1, 0.15) is 12.6 Å². The quantitative estimate of drug-likeness (QED) is 0.613. The molecule has 28 heavy (non-hydrogen) atoms. The van der Waals surface area contributed by atoms with Crippen molar-refractivity contribution >= 4 is 11.8 Å². The standard InChI is InChI=1S/C23H31N3O2/c1-17(2)22(25-21(27)14-18-10-6-5-7-11-18)23(28)24-15-19-12-8-9-13-20(19)16-26(3)4/h5-13,17,22H,14-16H2,1-4H3,(H,24,28)(H,25,27)/p+1/t22-/m0/s1. The van der Waals surface area contributed by atoms with Crippen LogP contribution in [-0.2, 0) is 29.1 Å². The number of benzene rings is 2. The second-order valence-corrected chi connectivity index (χ2v) is 7.82. The molecular formula is C23H32N3O2+. The number of carbonyl (C=O) groups is 2. The van der Waals surface area contributed by atoms with Gasteiger partial charge in [0.2, 0.25) is 11.8 Å². The number of carbonyl (C=O) groups excluding carboxylic acids is 2. The van der Waals surface area contributed by atoms with Crippen LogP contribution in [0.15, 0.2) is 54.6 Å². The van der Waals surface area contributed by atoms with Crippen molar-refractivity contribution in [3.63, 3.8) is 0 Å². The van der Waals surface area contributed by atoms with Crippen LogP contribution in [0.3, 0.4) is 0 Å². The Morgan fingerprint density at radius 2 is 1.54 bits per heavy atom. The third-order valence-corrected chi connectivity index (χ3v) is 4.59. The normalized spacial score (nSPS) is 12.1. The molecule has 2 aromatic rings. The van der Waals surface area contributed by atoms with Crippen LogP contribution in [0.25, 0.3) is 0 Å². The van der Waals surface area contributed by atoms with E-state index in [2.05, 4.69) is 30.8 Å². The number of amides is 2. The highest BCUT2D eigenvalue weighted by Gasteiger charge is 2.24. The van der Waals surface area contributed by atoms with E-state index in [0.717, 1.165) is 17.7 Å². The number of quaternary nitrogens is 1. The van der Waals surface area contributed by atoms with E-state index >= 15 is 0 Å². The van der Waals surface area contributed by atoms with Crippen molar-refractivity contribution in [2.24, 2.45) is 5.92 Å². The van der Waals surface area contributed by atoms with Gasteiger partial charge in [-0.1, -0.05) is 68.4 Å². The van der Waals surface area contributed by atoms with Crippen LogP contribution in [-0.4, -0.2) is 32.0 Å². The summed E-state index contributed by atoms with van der Waals surface area (Å²) in [7, 11) is 4.21. The van der Waals surface area contributed by atoms with Gasteiger partial charge < -0.3 is 15.5 Å². The molecule has 0 aliphatic carbocycles. The molecule has 0 radical (unpaired) electrons. The van der Waals surface area contributed by atoms with Gasteiger partial charge in [-0.3, -0.25) is 9.59 Å². The summed E-state index contributed by atoms with van der Waals surface area (Å²) in [6.45, 7) is 5.24. The summed E-state index contributed by atoms with van der Waals surface area (Å²) < 4.78 is 0. The molecule has 0 fully saturated rings. The lowest BCUT2D eigenvalue weighted by molar-refractivity contribution is -0.872. The van der Waals surface area contributed by atoms with Crippen molar-refractivity contribution in [3.05, 3.63) is 71.3 Å². The van der Waals surface area contributed by atoms with Gasteiger partial charge in [-0.15, -0.1) is 0 Å². The van der Waals surface area contributed by atoms with E-state index in [1.165, 1.54) is 10.5 Å². The predicted molar refractivity (Wildman–Crippen MR) is 112 cm³/mol. The fraction of sp³-hybridized carbons (Fsp3) is 0.391. The third-order valence-electron chi connectivity index (χ3n) is 4.59. The Hall–Kier alpha value is -2.66. The molecule has 3 N–H and O–H groups in total. The first-order valence-electron chi connectivity index (χ1n) is 9.83. The van der Waals surface area contributed by atoms with Gasteiger partial charge >= 0.3 is 0 Å². The van der Waals surface area contributed by atoms with Crippen LogP contribution in [0.5, 0.6) is 0 Å². The van der Waals surface area contributed by atoms with E-state index in [1.54, 1.807) is 0 Å². The molecule has 0 aliphatic rings. The van der Waals surface area contributed by atoms with E-state index in [-0.39, 0.29) is 24.2 Å². The molecule has 0 aliphatic heterocycles. The fourth-order valence-electron chi connectivity index (χ4n) is 3.12. The predicted octanol–water partition coefficient (Wildman–Crippen LogP) is 1.33. The van der Waals surface area contributed by atoms with Crippen molar-refractivity contribution in [2.75, 3.05) is 14.1 Å². The van der Waals surface area contributed by atoms with Gasteiger partial charge in [-0.05, 0) is 17.0 Å². The number of hydrogen-bond donors (Lipinski definition) is 3. The Morgan fingerprint density at radius 3 is 2.14 bits per heavy atom. The minimum atomic E-state index is -0.553. The maximum Gasteiger partial charge on any atom is 0.243 e. The van der Waals surface area contributed by atoms with Crippen LogP contribution >= 0.6 is 0 Å². The summed E-state index contributed by atoms with van der Waals surface area (Å²) in [5.41, 5.74) is 3.26. The van der Waals surface area contributed by atoms with E-state index in [1.807, 2.05) is 62.4 Å². The highest BCUT2D eigenvalue weighted by atomic mass is 16.2. The first kappa shape index (κ1) is 21.6. The number of hydrogen-bond acceptors (Lipinski definition) is 2. The van der Waals surface area contributed by atoms with Crippen LogP contribution in [0.4, 0.5) is 0 Å². The molecule has 5 heteroatoms. The summed E-state index contributed by atoms with van der Waals surface area (Å²) in [6.07, 6.45) is 0.270. The van der Waals surface area contributed by atoms with E-state index in [4.69, 9.17) is 0 Å². The monoisotopic (exact) mass is 382 g/mol. The molecule has 0 bridgehead atoms. The average molecular weight is 383 g/mol.